The summed E-state index contributed by atoms with van der Waals surface area (Å²) in [6.45, 7) is 4.83. The van der Waals surface area contributed by atoms with Crippen LogP contribution in [0.5, 0.6) is 0 Å². The van der Waals surface area contributed by atoms with Gasteiger partial charge in [-0.25, -0.2) is 15.3 Å². The second kappa shape index (κ2) is 8.43. The van der Waals surface area contributed by atoms with Crippen LogP contribution in [0, 0.1) is 5.92 Å². The lowest BCUT2D eigenvalue weighted by Gasteiger charge is -2.36. The monoisotopic (exact) mass is 395 g/mol. The average molecular weight is 396 g/mol. The summed E-state index contributed by atoms with van der Waals surface area (Å²) >= 11 is 5.97. The maximum Gasteiger partial charge on any atom is 0.321 e. The van der Waals surface area contributed by atoms with Crippen LogP contribution in [0.1, 0.15) is 20.3 Å². The molecule has 2 aliphatic rings. The molecule has 3 N–H and O–H groups in total. The Balaban J connectivity index is 1.63. The fourth-order valence-corrected chi connectivity index (χ4v) is 3.76. The number of fused-ring (bicyclic) bond motifs is 1. The first-order chi connectivity index (χ1) is 12.8. The molecule has 2 fully saturated rings. The first-order valence-corrected chi connectivity index (χ1v) is 9.50. The standard InChI is InChI=1S/C18H26ClN5O3/c1-11(2)27-23(3)17(25)16-14-10-24(8-7-15(14)21-22-16)18(26)20-13-6-4-5-12(19)9-13/h4-6,9,11,14-16,21-22H,7-8,10H2,1-3H3,(H,20,26). The molecule has 0 aromatic heterocycles. The Bertz CT molecular complexity index is 701. The largest absolute Gasteiger partial charge is 0.324 e. The fraction of sp³-hybridized carbons (Fsp3) is 0.556. The summed E-state index contributed by atoms with van der Waals surface area (Å²) in [7, 11) is 1.61. The van der Waals surface area contributed by atoms with Crippen LogP contribution < -0.4 is 16.2 Å². The van der Waals surface area contributed by atoms with Gasteiger partial charge in [-0.05, 0) is 38.5 Å². The van der Waals surface area contributed by atoms with Crippen LogP contribution in [0.4, 0.5) is 10.5 Å². The molecule has 27 heavy (non-hydrogen) atoms. The summed E-state index contributed by atoms with van der Waals surface area (Å²) in [5.74, 6) is -0.185. The normalized spacial score (nSPS) is 24.6. The fourth-order valence-electron chi connectivity index (χ4n) is 3.56. The van der Waals surface area contributed by atoms with E-state index in [0.29, 0.717) is 23.8 Å². The molecule has 0 bridgehead atoms. The molecule has 1 aromatic carbocycles. The zero-order valence-corrected chi connectivity index (χ0v) is 16.5. The number of hydrogen-bond acceptors (Lipinski definition) is 5. The highest BCUT2D eigenvalue weighted by Crippen LogP contribution is 2.26. The van der Waals surface area contributed by atoms with Gasteiger partial charge in [-0.1, -0.05) is 17.7 Å². The number of anilines is 1. The molecule has 148 valence electrons. The first-order valence-electron chi connectivity index (χ1n) is 9.12. The summed E-state index contributed by atoms with van der Waals surface area (Å²) in [6.07, 6.45) is 0.676. The number of rotatable bonds is 4. The minimum absolute atomic E-state index is 0.0328. The quantitative estimate of drug-likeness (QED) is 0.677. The Morgan fingerprint density at radius 2 is 2.15 bits per heavy atom. The van der Waals surface area contributed by atoms with Crippen LogP contribution >= 0.6 is 11.6 Å². The average Bonchev–Trinajstić information content (AvgIpc) is 3.03. The molecule has 2 heterocycles. The Labute approximate surface area is 164 Å². The topological polar surface area (TPSA) is 85.9 Å². The lowest BCUT2D eigenvalue weighted by atomic mass is 9.88. The SMILES string of the molecule is CC(C)ON(C)C(=O)C1NNC2CCN(C(=O)Nc3cccc(Cl)c3)CC21. The third-order valence-electron chi connectivity index (χ3n) is 4.82. The van der Waals surface area contributed by atoms with Crippen molar-refractivity contribution in [2.24, 2.45) is 5.92 Å². The molecule has 0 radical (unpaired) electrons. The van der Waals surface area contributed by atoms with Crippen molar-refractivity contribution in [3.05, 3.63) is 29.3 Å². The predicted octanol–water partition coefficient (Wildman–Crippen LogP) is 1.84. The number of hydrogen-bond donors (Lipinski definition) is 3. The van der Waals surface area contributed by atoms with Crippen LogP contribution in [0.3, 0.4) is 0 Å². The number of halogens is 1. The summed E-state index contributed by atoms with van der Waals surface area (Å²) in [4.78, 5) is 32.6. The van der Waals surface area contributed by atoms with E-state index in [0.717, 1.165) is 6.42 Å². The van der Waals surface area contributed by atoms with Crippen LogP contribution in [0.15, 0.2) is 24.3 Å². The zero-order chi connectivity index (χ0) is 19.6. The molecule has 9 heteroatoms. The molecule has 8 nitrogen and oxygen atoms in total. The lowest BCUT2D eigenvalue weighted by molar-refractivity contribution is -0.194. The highest BCUT2D eigenvalue weighted by Gasteiger charge is 2.45. The highest BCUT2D eigenvalue weighted by atomic mass is 35.5. The van der Waals surface area contributed by atoms with E-state index in [1.54, 1.807) is 36.2 Å². The number of benzene rings is 1. The van der Waals surface area contributed by atoms with Crippen molar-refractivity contribution in [3.63, 3.8) is 0 Å². The molecule has 0 spiro atoms. The van der Waals surface area contributed by atoms with Crippen LogP contribution in [0.2, 0.25) is 5.02 Å². The first kappa shape index (κ1) is 19.9. The van der Waals surface area contributed by atoms with Crippen LogP contribution in [-0.2, 0) is 9.63 Å². The number of hydrazine groups is 1. The molecule has 0 saturated carbocycles. The Hall–Kier alpha value is -1.87. The summed E-state index contributed by atoms with van der Waals surface area (Å²) < 4.78 is 0. The second-order valence-corrected chi connectivity index (χ2v) is 7.64. The predicted molar refractivity (Wildman–Crippen MR) is 103 cm³/mol. The number of carbonyl (C=O) groups excluding carboxylic acids is 2. The minimum atomic E-state index is -0.444. The maximum atomic E-state index is 12.7. The number of amides is 3. The van der Waals surface area contributed by atoms with Crippen LogP contribution in [0.25, 0.3) is 0 Å². The number of piperidine rings is 1. The van der Waals surface area contributed by atoms with E-state index >= 15 is 0 Å². The summed E-state index contributed by atoms with van der Waals surface area (Å²) in [5.41, 5.74) is 6.91. The zero-order valence-electron chi connectivity index (χ0n) is 15.7. The number of likely N-dealkylation sites (tertiary alicyclic amines) is 1. The van der Waals surface area contributed by atoms with Gasteiger partial charge in [0.1, 0.15) is 6.04 Å². The van der Waals surface area contributed by atoms with Crippen molar-refractivity contribution in [1.29, 1.82) is 0 Å². The molecule has 2 aliphatic heterocycles. The molecule has 3 rings (SSSR count). The van der Waals surface area contributed by atoms with Crippen LogP contribution in [-0.4, -0.2) is 60.2 Å². The van der Waals surface area contributed by atoms with E-state index in [2.05, 4.69) is 16.2 Å². The Morgan fingerprint density at radius 1 is 1.37 bits per heavy atom. The Kier molecular flexibility index (Phi) is 6.21. The van der Waals surface area contributed by atoms with Crippen molar-refractivity contribution in [3.8, 4) is 0 Å². The van der Waals surface area contributed by atoms with Crippen molar-refractivity contribution in [2.75, 3.05) is 25.5 Å². The van der Waals surface area contributed by atoms with E-state index in [-0.39, 0.29) is 30.0 Å². The molecule has 3 amide bonds. The van der Waals surface area contributed by atoms with Crippen molar-refractivity contribution in [2.45, 2.75) is 38.5 Å². The Morgan fingerprint density at radius 3 is 2.85 bits per heavy atom. The lowest BCUT2D eigenvalue weighted by Crippen LogP contribution is -2.53. The molecule has 0 aliphatic carbocycles. The van der Waals surface area contributed by atoms with Gasteiger partial charge in [0.25, 0.3) is 5.91 Å². The minimum Gasteiger partial charge on any atom is -0.324 e. The molecule has 1 aromatic rings. The van der Waals surface area contributed by atoms with Crippen molar-refractivity contribution < 1.29 is 14.4 Å². The van der Waals surface area contributed by atoms with E-state index < -0.39 is 6.04 Å². The van der Waals surface area contributed by atoms with Gasteiger partial charge in [0, 0.05) is 42.8 Å². The van der Waals surface area contributed by atoms with Crippen molar-refractivity contribution in [1.82, 2.24) is 20.8 Å². The smallest absolute Gasteiger partial charge is 0.321 e. The molecular formula is C18H26ClN5O3. The number of likely N-dealkylation sites (N-methyl/N-ethyl adjacent to an activating group) is 1. The molecule has 3 atom stereocenters. The molecular weight excluding hydrogens is 370 g/mol. The number of nitrogens with one attached hydrogen (secondary N) is 3. The van der Waals surface area contributed by atoms with E-state index in [9.17, 15) is 9.59 Å². The van der Waals surface area contributed by atoms with Gasteiger partial charge in [0.05, 0.1) is 6.10 Å². The number of urea groups is 1. The van der Waals surface area contributed by atoms with Gasteiger partial charge in [-0.2, -0.15) is 0 Å². The number of nitrogens with zero attached hydrogens (tertiary/aromatic N) is 2. The number of carbonyl (C=O) groups is 2. The molecule has 2 saturated heterocycles. The van der Waals surface area contributed by atoms with Gasteiger partial charge < -0.3 is 10.2 Å². The molecule has 3 unspecified atom stereocenters. The van der Waals surface area contributed by atoms with Gasteiger partial charge in [-0.3, -0.25) is 15.1 Å². The third kappa shape index (κ3) is 4.70. The van der Waals surface area contributed by atoms with Crippen molar-refractivity contribution >= 4 is 29.2 Å². The summed E-state index contributed by atoms with van der Waals surface area (Å²) in [6, 6.07) is 6.54. The second-order valence-electron chi connectivity index (χ2n) is 7.20. The third-order valence-corrected chi connectivity index (χ3v) is 5.05. The highest BCUT2D eigenvalue weighted by molar-refractivity contribution is 6.30. The van der Waals surface area contributed by atoms with Gasteiger partial charge in [0.15, 0.2) is 0 Å². The van der Waals surface area contributed by atoms with E-state index in [1.807, 2.05) is 13.8 Å². The van der Waals surface area contributed by atoms with Gasteiger partial charge >= 0.3 is 6.03 Å². The maximum absolute atomic E-state index is 12.7. The number of hydroxylamine groups is 2. The van der Waals surface area contributed by atoms with Gasteiger partial charge in [0.2, 0.25) is 0 Å². The van der Waals surface area contributed by atoms with E-state index in [4.69, 9.17) is 16.4 Å². The van der Waals surface area contributed by atoms with Gasteiger partial charge in [-0.15, -0.1) is 0 Å². The van der Waals surface area contributed by atoms with E-state index in [1.165, 1.54) is 5.06 Å². The summed E-state index contributed by atoms with van der Waals surface area (Å²) in [5, 5.41) is 4.71.